The maximum absolute atomic E-state index is 12.7. The summed E-state index contributed by atoms with van der Waals surface area (Å²) < 4.78 is 21.7. The van der Waals surface area contributed by atoms with Crippen molar-refractivity contribution in [2.45, 2.75) is 218 Å². The molecule has 0 spiro atoms. The highest BCUT2D eigenvalue weighted by Gasteiger charge is 2.47. The fourth-order valence-corrected chi connectivity index (χ4v) is 6.38. The summed E-state index contributed by atoms with van der Waals surface area (Å²) in [5.41, 5.74) is 0. The molecule has 0 aromatic rings. The molecule has 4 N–H and O–H groups in total. The third-order valence-electron chi connectivity index (χ3n) is 9.80. The first-order valence-corrected chi connectivity index (χ1v) is 21.4. The molecule has 1 heterocycles. The summed E-state index contributed by atoms with van der Waals surface area (Å²) in [6.45, 7) is 3.77. The minimum Gasteiger partial charge on any atom is -0.479 e. The summed E-state index contributed by atoms with van der Waals surface area (Å²) in [6, 6.07) is 0. The number of ether oxygens (including phenoxy) is 4. The van der Waals surface area contributed by atoms with E-state index in [1.807, 2.05) is 0 Å². The number of esters is 2. The molecule has 0 bridgehead atoms. The van der Waals surface area contributed by atoms with Crippen LogP contribution in [0, 0.1) is 0 Å². The van der Waals surface area contributed by atoms with Gasteiger partial charge in [-0.25, -0.2) is 4.79 Å². The van der Waals surface area contributed by atoms with E-state index in [0.29, 0.717) is 12.8 Å². The van der Waals surface area contributed by atoms with Gasteiger partial charge in [0.1, 0.15) is 24.9 Å². The van der Waals surface area contributed by atoms with Gasteiger partial charge in [-0.1, -0.05) is 147 Å². The van der Waals surface area contributed by atoms with Gasteiger partial charge in [-0.05, 0) is 44.9 Å². The van der Waals surface area contributed by atoms with Gasteiger partial charge in [-0.2, -0.15) is 0 Å². The van der Waals surface area contributed by atoms with Crippen LogP contribution >= 0.6 is 0 Å². The highest BCUT2D eigenvalue weighted by Crippen LogP contribution is 2.23. The lowest BCUT2D eigenvalue weighted by Crippen LogP contribution is -2.60. The van der Waals surface area contributed by atoms with Crippen LogP contribution < -0.4 is 0 Å². The van der Waals surface area contributed by atoms with Gasteiger partial charge in [0.2, 0.25) is 0 Å². The highest BCUT2D eigenvalue weighted by molar-refractivity contribution is 5.73. The average molecular weight is 769 g/mol. The van der Waals surface area contributed by atoms with Gasteiger partial charge in [-0.15, -0.1) is 0 Å². The van der Waals surface area contributed by atoms with E-state index in [1.54, 1.807) is 0 Å². The lowest BCUT2D eigenvalue weighted by atomic mass is 9.99. The van der Waals surface area contributed by atoms with Crippen molar-refractivity contribution < 1.29 is 53.8 Å². The monoisotopic (exact) mass is 769 g/mol. The molecular formula is C43H76O11. The number of hydrogen-bond acceptors (Lipinski definition) is 10. The number of carboxylic acid groups (broad SMARTS) is 1. The van der Waals surface area contributed by atoms with Crippen LogP contribution in [0.2, 0.25) is 0 Å². The van der Waals surface area contributed by atoms with E-state index in [9.17, 15) is 34.8 Å². The minimum absolute atomic E-state index is 0.183. The van der Waals surface area contributed by atoms with Crippen molar-refractivity contribution in [3.05, 3.63) is 24.3 Å². The number of carbonyl (C=O) groups excluding carboxylic acids is 2. The van der Waals surface area contributed by atoms with Crippen LogP contribution in [-0.2, 0) is 33.3 Å². The van der Waals surface area contributed by atoms with Crippen LogP contribution in [0.15, 0.2) is 24.3 Å². The summed E-state index contributed by atoms with van der Waals surface area (Å²) in [6.07, 6.45) is 26.6. The molecule has 0 radical (unpaired) electrons. The first-order chi connectivity index (χ1) is 26.2. The Kier molecular flexibility index (Phi) is 31.3. The molecule has 0 aromatic heterocycles. The molecular weight excluding hydrogens is 692 g/mol. The largest absolute Gasteiger partial charge is 0.479 e. The molecule has 1 aliphatic heterocycles. The Labute approximate surface area is 326 Å². The van der Waals surface area contributed by atoms with E-state index >= 15 is 0 Å². The van der Waals surface area contributed by atoms with Gasteiger partial charge < -0.3 is 39.4 Å². The highest BCUT2D eigenvalue weighted by atomic mass is 16.7. The lowest BCUT2D eigenvalue weighted by molar-refractivity contribution is -0.298. The smallest absolute Gasteiger partial charge is 0.335 e. The molecule has 1 aliphatic rings. The molecule has 6 unspecified atom stereocenters. The fourth-order valence-electron chi connectivity index (χ4n) is 6.38. The van der Waals surface area contributed by atoms with Crippen LogP contribution in [0.4, 0.5) is 0 Å². The zero-order chi connectivity index (χ0) is 39.7. The summed E-state index contributed by atoms with van der Waals surface area (Å²) in [7, 11) is 0. The normalized spacial score (nSPS) is 20.8. The number of aliphatic hydroxyl groups excluding tert-OH is 3. The van der Waals surface area contributed by atoms with Crippen molar-refractivity contribution in [2.75, 3.05) is 13.2 Å². The molecule has 1 rings (SSSR count). The molecule has 0 saturated carbocycles. The second-order valence-corrected chi connectivity index (χ2v) is 14.8. The van der Waals surface area contributed by atoms with Crippen LogP contribution in [0.5, 0.6) is 0 Å². The number of unbranched alkanes of at least 4 members (excludes halogenated alkanes) is 20. The van der Waals surface area contributed by atoms with Crippen molar-refractivity contribution in [3.8, 4) is 0 Å². The second kappa shape index (κ2) is 34.0. The topological polar surface area (TPSA) is 169 Å². The molecule has 1 fully saturated rings. The Balaban J connectivity index is 2.40. The first-order valence-electron chi connectivity index (χ1n) is 21.4. The van der Waals surface area contributed by atoms with E-state index in [1.165, 1.54) is 83.5 Å². The number of allylic oxidation sites excluding steroid dienone is 4. The quantitative estimate of drug-likeness (QED) is 0.0277. The van der Waals surface area contributed by atoms with Crippen LogP contribution in [-0.4, -0.2) is 88.4 Å². The lowest BCUT2D eigenvalue weighted by Gasteiger charge is -2.38. The van der Waals surface area contributed by atoms with Gasteiger partial charge in [0, 0.05) is 12.8 Å². The van der Waals surface area contributed by atoms with Crippen molar-refractivity contribution in [1.29, 1.82) is 0 Å². The number of aliphatic carboxylic acids is 1. The van der Waals surface area contributed by atoms with Gasteiger partial charge in [-0.3, -0.25) is 9.59 Å². The Bertz CT molecular complexity index is 1000. The van der Waals surface area contributed by atoms with Gasteiger partial charge in [0.25, 0.3) is 0 Å². The zero-order valence-corrected chi connectivity index (χ0v) is 33.7. The maximum Gasteiger partial charge on any atom is 0.335 e. The number of rotatable bonds is 35. The van der Waals surface area contributed by atoms with Gasteiger partial charge >= 0.3 is 17.9 Å². The van der Waals surface area contributed by atoms with Crippen molar-refractivity contribution in [3.63, 3.8) is 0 Å². The Morgan fingerprint density at radius 3 is 1.56 bits per heavy atom. The molecule has 0 aliphatic carbocycles. The molecule has 0 amide bonds. The third-order valence-corrected chi connectivity index (χ3v) is 9.80. The predicted octanol–water partition coefficient (Wildman–Crippen LogP) is 8.65. The average Bonchev–Trinajstić information content (AvgIpc) is 3.15. The first kappa shape index (κ1) is 49.7. The van der Waals surface area contributed by atoms with Crippen LogP contribution in [0.25, 0.3) is 0 Å². The van der Waals surface area contributed by atoms with Crippen LogP contribution in [0.1, 0.15) is 181 Å². The van der Waals surface area contributed by atoms with Gasteiger partial charge in [0.15, 0.2) is 18.5 Å². The van der Waals surface area contributed by atoms with Crippen molar-refractivity contribution in [1.82, 2.24) is 0 Å². The number of aliphatic hydroxyl groups is 3. The molecule has 54 heavy (non-hydrogen) atoms. The van der Waals surface area contributed by atoms with Crippen molar-refractivity contribution in [2.24, 2.45) is 0 Å². The molecule has 11 heteroatoms. The summed E-state index contributed by atoms with van der Waals surface area (Å²) in [5.74, 6) is -2.46. The van der Waals surface area contributed by atoms with E-state index in [2.05, 4.69) is 38.2 Å². The third kappa shape index (κ3) is 25.7. The molecule has 6 atom stereocenters. The van der Waals surface area contributed by atoms with Gasteiger partial charge in [0.05, 0.1) is 6.61 Å². The van der Waals surface area contributed by atoms with E-state index < -0.39 is 61.3 Å². The summed E-state index contributed by atoms with van der Waals surface area (Å²) in [4.78, 5) is 36.7. The zero-order valence-electron chi connectivity index (χ0n) is 33.7. The molecule has 11 nitrogen and oxygen atoms in total. The van der Waals surface area contributed by atoms with E-state index in [-0.39, 0.29) is 19.4 Å². The fraction of sp³-hybridized carbons (Fsp3) is 0.837. The Morgan fingerprint density at radius 2 is 1.04 bits per heavy atom. The SMILES string of the molecule is CCCCCC/C=C\C/C=C\CCCCCCCC(=O)OCC(COC1OC(C(=O)O)C(O)C(O)C1O)OC(=O)CCCCCCCCCCCCCC. The molecule has 1 saturated heterocycles. The van der Waals surface area contributed by atoms with E-state index in [4.69, 9.17) is 18.9 Å². The Morgan fingerprint density at radius 1 is 0.574 bits per heavy atom. The number of hydrogen-bond donors (Lipinski definition) is 4. The van der Waals surface area contributed by atoms with Crippen molar-refractivity contribution >= 4 is 17.9 Å². The molecule has 314 valence electrons. The van der Waals surface area contributed by atoms with Crippen LogP contribution in [0.3, 0.4) is 0 Å². The van der Waals surface area contributed by atoms with E-state index in [0.717, 1.165) is 57.8 Å². The number of carbonyl (C=O) groups is 3. The Hall–Kier alpha value is -2.31. The summed E-state index contributed by atoms with van der Waals surface area (Å²) in [5, 5.41) is 39.7. The maximum atomic E-state index is 12.7. The standard InChI is InChI=1S/C43H76O11/c1-3-5-7-9-11-13-15-17-18-19-20-22-23-25-27-29-31-36(44)51-33-35(34-52-43-40(48)38(46)39(47)41(54-43)42(49)50)53-37(45)32-30-28-26-24-21-16-14-12-10-8-6-4-2/h13,15,18-19,35,38-41,43,46-48H,3-12,14,16-17,20-34H2,1-2H3,(H,49,50)/b15-13-,19-18-. The summed E-state index contributed by atoms with van der Waals surface area (Å²) >= 11 is 0. The molecule has 0 aromatic carbocycles. The predicted molar refractivity (Wildman–Crippen MR) is 211 cm³/mol. The number of carboxylic acids is 1. The second-order valence-electron chi connectivity index (χ2n) is 14.8. The minimum atomic E-state index is -1.86.